The summed E-state index contributed by atoms with van der Waals surface area (Å²) in [6, 6.07) is 3.42. The van der Waals surface area contributed by atoms with Crippen LogP contribution in [0.25, 0.3) is 0 Å². The average molecular weight is 205 g/mol. The van der Waals surface area contributed by atoms with E-state index >= 15 is 0 Å². The SMILES string of the molecule is COc1ncccc1C(=O)C1=COCC1. The van der Waals surface area contributed by atoms with E-state index in [1.807, 2.05) is 0 Å². The maximum atomic E-state index is 12.0. The Balaban J connectivity index is 2.32. The van der Waals surface area contributed by atoms with Gasteiger partial charge < -0.3 is 9.47 Å². The van der Waals surface area contributed by atoms with Crippen molar-refractivity contribution in [2.75, 3.05) is 13.7 Å². The van der Waals surface area contributed by atoms with Crippen molar-refractivity contribution in [3.05, 3.63) is 35.7 Å². The number of hydrogen-bond donors (Lipinski definition) is 0. The molecule has 0 fully saturated rings. The van der Waals surface area contributed by atoms with Crippen molar-refractivity contribution < 1.29 is 14.3 Å². The average Bonchev–Trinajstić information content (AvgIpc) is 2.81. The number of rotatable bonds is 3. The van der Waals surface area contributed by atoms with Gasteiger partial charge in [-0.15, -0.1) is 0 Å². The second kappa shape index (κ2) is 4.13. The van der Waals surface area contributed by atoms with Gasteiger partial charge in [0, 0.05) is 18.2 Å². The maximum Gasteiger partial charge on any atom is 0.224 e. The summed E-state index contributed by atoms with van der Waals surface area (Å²) in [7, 11) is 1.50. The van der Waals surface area contributed by atoms with Gasteiger partial charge in [-0.3, -0.25) is 4.79 Å². The largest absolute Gasteiger partial charge is 0.500 e. The Kier molecular flexibility index (Phi) is 2.67. The minimum absolute atomic E-state index is 0.0718. The zero-order valence-corrected chi connectivity index (χ0v) is 8.40. The van der Waals surface area contributed by atoms with Crippen molar-refractivity contribution in [3.63, 3.8) is 0 Å². The van der Waals surface area contributed by atoms with Crippen LogP contribution in [0.1, 0.15) is 16.8 Å². The number of ether oxygens (including phenoxy) is 2. The first-order valence-electron chi connectivity index (χ1n) is 4.67. The molecular formula is C11H11NO3. The predicted octanol–water partition coefficient (Wildman–Crippen LogP) is 1.58. The number of ketones is 1. The third-order valence-electron chi connectivity index (χ3n) is 2.22. The van der Waals surface area contributed by atoms with Crippen LogP contribution in [0.4, 0.5) is 0 Å². The van der Waals surface area contributed by atoms with Gasteiger partial charge in [-0.05, 0) is 12.1 Å². The molecule has 1 aromatic heterocycles. The molecule has 4 heteroatoms. The predicted molar refractivity (Wildman–Crippen MR) is 53.8 cm³/mol. The fraction of sp³-hybridized carbons (Fsp3) is 0.273. The van der Waals surface area contributed by atoms with Crippen molar-refractivity contribution in [2.24, 2.45) is 0 Å². The number of carbonyl (C=O) groups excluding carboxylic acids is 1. The quantitative estimate of drug-likeness (QED) is 0.703. The number of Topliss-reactive ketones (excluding diaryl/α,β-unsaturated/α-hetero) is 1. The van der Waals surface area contributed by atoms with E-state index in [0.717, 1.165) is 0 Å². The number of pyridine rings is 1. The zero-order chi connectivity index (χ0) is 10.7. The molecule has 1 aliphatic rings. The standard InChI is InChI=1S/C11H11NO3/c1-14-11-9(3-2-5-12-11)10(13)8-4-6-15-7-8/h2-3,5,7H,4,6H2,1H3. The van der Waals surface area contributed by atoms with Gasteiger partial charge in [-0.1, -0.05) is 0 Å². The Labute approximate surface area is 87.5 Å². The molecule has 0 saturated heterocycles. The normalized spacial score (nSPS) is 14.3. The van der Waals surface area contributed by atoms with Gasteiger partial charge in [0.05, 0.1) is 25.5 Å². The summed E-state index contributed by atoms with van der Waals surface area (Å²) >= 11 is 0. The molecule has 4 nitrogen and oxygen atoms in total. The summed E-state index contributed by atoms with van der Waals surface area (Å²) in [5.74, 6) is 0.285. The van der Waals surface area contributed by atoms with Crippen LogP contribution in [0.3, 0.4) is 0 Å². The fourth-order valence-electron chi connectivity index (χ4n) is 1.45. The highest BCUT2D eigenvalue weighted by molar-refractivity contribution is 6.10. The van der Waals surface area contributed by atoms with Crippen molar-refractivity contribution in [1.82, 2.24) is 4.98 Å². The molecule has 0 radical (unpaired) electrons. The summed E-state index contributed by atoms with van der Waals surface area (Å²) in [6.07, 6.45) is 3.75. The van der Waals surface area contributed by atoms with Crippen molar-refractivity contribution in [1.29, 1.82) is 0 Å². The Hall–Kier alpha value is -1.84. The molecule has 0 amide bonds. The molecule has 0 bridgehead atoms. The lowest BCUT2D eigenvalue weighted by atomic mass is 10.0. The van der Waals surface area contributed by atoms with Crippen LogP contribution < -0.4 is 4.74 Å². The van der Waals surface area contributed by atoms with Gasteiger partial charge in [-0.25, -0.2) is 4.98 Å². The molecule has 0 N–H and O–H groups in total. The van der Waals surface area contributed by atoms with Gasteiger partial charge in [0.2, 0.25) is 5.88 Å². The molecule has 0 saturated carbocycles. The lowest BCUT2D eigenvalue weighted by Crippen LogP contribution is -2.05. The maximum absolute atomic E-state index is 12.0. The lowest BCUT2D eigenvalue weighted by molar-refractivity contribution is 0.102. The van der Waals surface area contributed by atoms with Crippen LogP contribution in [0.5, 0.6) is 5.88 Å². The topological polar surface area (TPSA) is 48.4 Å². The summed E-state index contributed by atoms with van der Waals surface area (Å²) in [4.78, 5) is 15.9. The molecule has 0 aliphatic carbocycles. The molecule has 0 atom stereocenters. The Morgan fingerprint density at radius 3 is 3.13 bits per heavy atom. The van der Waals surface area contributed by atoms with Crippen molar-refractivity contribution >= 4 is 5.78 Å². The molecule has 2 rings (SSSR count). The number of nitrogens with zero attached hydrogens (tertiary/aromatic N) is 1. The highest BCUT2D eigenvalue weighted by Gasteiger charge is 2.20. The van der Waals surface area contributed by atoms with Crippen LogP contribution in [0.15, 0.2) is 30.2 Å². The van der Waals surface area contributed by atoms with Gasteiger partial charge in [0.25, 0.3) is 0 Å². The monoisotopic (exact) mass is 205 g/mol. The van der Waals surface area contributed by atoms with E-state index in [4.69, 9.17) is 9.47 Å². The van der Waals surface area contributed by atoms with Crippen LogP contribution in [0.2, 0.25) is 0 Å². The number of carbonyl (C=O) groups is 1. The van der Waals surface area contributed by atoms with Crippen LogP contribution in [-0.2, 0) is 4.74 Å². The van der Waals surface area contributed by atoms with Gasteiger partial charge in [0.1, 0.15) is 0 Å². The van der Waals surface area contributed by atoms with Crippen LogP contribution >= 0.6 is 0 Å². The molecule has 2 heterocycles. The van der Waals surface area contributed by atoms with Gasteiger partial charge >= 0.3 is 0 Å². The molecule has 0 spiro atoms. The summed E-state index contributed by atoms with van der Waals surface area (Å²) in [5.41, 5.74) is 1.15. The number of hydrogen-bond acceptors (Lipinski definition) is 4. The third-order valence-corrected chi connectivity index (χ3v) is 2.22. The molecule has 78 valence electrons. The molecule has 1 aromatic rings. The Bertz CT molecular complexity index is 412. The van der Waals surface area contributed by atoms with E-state index < -0.39 is 0 Å². The van der Waals surface area contributed by atoms with E-state index in [-0.39, 0.29) is 5.78 Å². The third kappa shape index (κ3) is 1.83. The smallest absolute Gasteiger partial charge is 0.224 e. The molecule has 15 heavy (non-hydrogen) atoms. The van der Waals surface area contributed by atoms with Crippen molar-refractivity contribution in [3.8, 4) is 5.88 Å². The lowest BCUT2D eigenvalue weighted by Gasteiger charge is -2.05. The van der Waals surface area contributed by atoms with Gasteiger partial charge in [0.15, 0.2) is 5.78 Å². The summed E-state index contributed by atoms with van der Waals surface area (Å²) in [6.45, 7) is 0.573. The minimum Gasteiger partial charge on any atom is -0.500 e. The second-order valence-corrected chi connectivity index (χ2v) is 3.15. The van der Waals surface area contributed by atoms with Crippen LogP contribution in [0, 0.1) is 0 Å². The molecule has 1 aliphatic heterocycles. The Morgan fingerprint density at radius 1 is 1.60 bits per heavy atom. The van der Waals surface area contributed by atoms with Crippen LogP contribution in [-0.4, -0.2) is 24.5 Å². The number of methoxy groups -OCH3 is 1. The fourth-order valence-corrected chi connectivity index (χ4v) is 1.45. The second-order valence-electron chi connectivity index (χ2n) is 3.15. The Morgan fingerprint density at radius 2 is 2.47 bits per heavy atom. The van der Waals surface area contributed by atoms with E-state index in [2.05, 4.69) is 4.98 Å². The van der Waals surface area contributed by atoms with E-state index in [9.17, 15) is 4.79 Å². The summed E-state index contributed by atoms with van der Waals surface area (Å²) in [5, 5.41) is 0. The number of aromatic nitrogens is 1. The highest BCUT2D eigenvalue weighted by atomic mass is 16.5. The van der Waals surface area contributed by atoms with Crippen molar-refractivity contribution in [2.45, 2.75) is 6.42 Å². The zero-order valence-electron chi connectivity index (χ0n) is 8.40. The van der Waals surface area contributed by atoms with E-state index in [1.54, 1.807) is 18.3 Å². The van der Waals surface area contributed by atoms with E-state index in [1.165, 1.54) is 13.4 Å². The summed E-state index contributed by atoms with van der Waals surface area (Å²) < 4.78 is 10.1. The highest BCUT2D eigenvalue weighted by Crippen LogP contribution is 2.21. The molecule has 0 aromatic carbocycles. The first kappa shape index (κ1) is 9.71. The van der Waals surface area contributed by atoms with E-state index in [0.29, 0.717) is 30.0 Å². The van der Waals surface area contributed by atoms with Gasteiger partial charge in [-0.2, -0.15) is 0 Å². The minimum atomic E-state index is -0.0718. The molecular weight excluding hydrogens is 194 g/mol. The molecule has 0 unspecified atom stereocenters. The first-order chi connectivity index (χ1) is 7.33. The first-order valence-corrected chi connectivity index (χ1v) is 4.67.